The van der Waals surface area contributed by atoms with E-state index in [1.54, 1.807) is 28.8 Å². The summed E-state index contributed by atoms with van der Waals surface area (Å²) in [4.78, 5) is 15.1. The van der Waals surface area contributed by atoms with E-state index in [1.807, 2.05) is 13.8 Å². The predicted molar refractivity (Wildman–Crippen MR) is 59.6 cm³/mol. The molecule has 0 saturated carbocycles. The minimum atomic E-state index is -1.09. The van der Waals surface area contributed by atoms with Gasteiger partial charge in [-0.25, -0.2) is 14.5 Å². The first-order chi connectivity index (χ1) is 8.02. The summed E-state index contributed by atoms with van der Waals surface area (Å²) in [6.07, 6.45) is 3.21. The van der Waals surface area contributed by atoms with E-state index in [0.29, 0.717) is 11.4 Å². The first-order valence-corrected chi connectivity index (χ1v) is 5.17. The van der Waals surface area contributed by atoms with Crippen LogP contribution >= 0.6 is 0 Å². The topological polar surface area (TPSA) is 85.8 Å². The number of imidazole rings is 1. The Bertz CT molecular complexity index is 555. The van der Waals surface area contributed by atoms with E-state index in [9.17, 15) is 4.79 Å². The number of hydrogen-bond donors (Lipinski definition) is 1. The van der Waals surface area contributed by atoms with Gasteiger partial charge in [0.2, 0.25) is 0 Å². The molecule has 0 aliphatic heterocycles. The van der Waals surface area contributed by atoms with Gasteiger partial charge in [-0.05, 0) is 13.8 Å². The standard InChI is InChI=1S/C10H13N5O2/c1-6(2)15-9(7-4-11-5-14(7)3)8(10(16)17)12-13-15/h4-6H,1-3H3,(H,16,17). The fourth-order valence-corrected chi connectivity index (χ4v) is 1.62. The van der Waals surface area contributed by atoms with Crippen LogP contribution in [0.15, 0.2) is 12.5 Å². The number of carboxylic acids is 1. The lowest BCUT2D eigenvalue weighted by molar-refractivity contribution is 0.0691. The third-order valence-corrected chi connectivity index (χ3v) is 2.45. The average Bonchev–Trinajstić information content (AvgIpc) is 2.82. The van der Waals surface area contributed by atoms with Crippen molar-refractivity contribution in [3.8, 4) is 11.4 Å². The van der Waals surface area contributed by atoms with Crippen LogP contribution in [0.25, 0.3) is 11.4 Å². The summed E-state index contributed by atoms with van der Waals surface area (Å²) in [5.74, 6) is -1.09. The van der Waals surface area contributed by atoms with Crippen molar-refractivity contribution in [2.24, 2.45) is 7.05 Å². The second kappa shape index (κ2) is 4.00. The maximum atomic E-state index is 11.1. The molecule has 90 valence electrons. The van der Waals surface area contributed by atoms with E-state index in [2.05, 4.69) is 15.3 Å². The van der Waals surface area contributed by atoms with Crippen molar-refractivity contribution in [1.29, 1.82) is 0 Å². The molecule has 0 aromatic carbocycles. The maximum Gasteiger partial charge on any atom is 0.358 e. The van der Waals surface area contributed by atoms with Crippen LogP contribution in [-0.4, -0.2) is 35.6 Å². The molecule has 0 aliphatic carbocycles. The zero-order chi connectivity index (χ0) is 12.6. The van der Waals surface area contributed by atoms with Crippen molar-refractivity contribution in [2.75, 3.05) is 0 Å². The molecular weight excluding hydrogens is 222 g/mol. The van der Waals surface area contributed by atoms with Gasteiger partial charge in [0.25, 0.3) is 0 Å². The maximum absolute atomic E-state index is 11.1. The average molecular weight is 235 g/mol. The van der Waals surface area contributed by atoms with Gasteiger partial charge in [0.15, 0.2) is 5.69 Å². The molecule has 2 heterocycles. The van der Waals surface area contributed by atoms with Crippen LogP contribution in [-0.2, 0) is 7.05 Å². The van der Waals surface area contributed by atoms with Crippen molar-refractivity contribution < 1.29 is 9.90 Å². The molecule has 0 bridgehead atoms. The molecule has 2 aromatic heterocycles. The lowest BCUT2D eigenvalue weighted by atomic mass is 10.2. The monoisotopic (exact) mass is 235 g/mol. The van der Waals surface area contributed by atoms with Crippen LogP contribution in [0.2, 0.25) is 0 Å². The quantitative estimate of drug-likeness (QED) is 0.856. The van der Waals surface area contributed by atoms with E-state index in [4.69, 9.17) is 5.11 Å². The third-order valence-electron chi connectivity index (χ3n) is 2.45. The zero-order valence-corrected chi connectivity index (χ0v) is 9.82. The minimum Gasteiger partial charge on any atom is -0.476 e. The number of aromatic carboxylic acids is 1. The molecule has 2 rings (SSSR count). The van der Waals surface area contributed by atoms with Crippen molar-refractivity contribution >= 4 is 5.97 Å². The zero-order valence-electron chi connectivity index (χ0n) is 9.82. The molecule has 1 N–H and O–H groups in total. The lowest BCUT2D eigenvalue weighted by Gasteiger charge is -2.10. The van der Waals surface area contributed by atoms with Crippen LogP contribution in [0.3, 0.4) is 0 Å². The van der Waals surface area contributed by atoms with Crippen molar-refractivity contribution in [2.45, 2.75) is 19.9 Å². The number of carbonyl (C=O) groups is 1. The number of rotatable bonds is 3. The number of nitrogens with zero attached hydrogens (tertiary/aromatic N) is 5. The van der Waals surface area contributed by atoms with Gasteiger partial charge >= 0.3 is 5.97 Å². The van der Waals surface area contributed by atoms with Crippen molar-refractivity contribution in [3.05, 3.63) is 18.2 Å². The molecule has 0 atom stereocenters. The SMILES string of the molecule is CC(C)n1nnc(C(=O)O)c1-c1cncn1C. The van der Waals surface area contributed by atoms with Gasteiger partial charge in [0, 0.05) is 13.1 Å². The largest absolute Gasteiger partial charge is 0.476 e. The molecule has 0 aliphatic rings. The van der Waals surface area contributed by atoms with Gasteiger partial charge < -0.3 is 9.67 Å². The summed E-state index contributed by atoms with van der Waals surface area (Å²) in [6.45, 7) is 3.83. The van der Waals surface area contributed by atoms with Gasteiger partial charge in [-0.2, -0.15) is 0 Å². The highest BCUT2D eigenvalue weighted by Gasteiger charge is 2.23. The van der Waals surface area contributed by atoms with Crippen LogP contribution in [0, 0.1) is 0 Å². The smallest absolute Gasteiger partial charge is 0.358 e. The van der Waals surface area contributed by atoms with E-state index < -0.39 is 5.97 Å². The third kappa shape index (κ3) is 1.79. The first-order valence-electron chi connectivity index (χ1n) is 5.17. The Morgan fingerprint density at radius 3 is 2.65 bits per heavy atom. The Morgan fingerprint density at radius 2 is 2.18 bits per heavy atom. The van der Waals surface area contributed by atoms with E-state index in [-0.39, 0.29) is 11.7 Å². The molecule has 0 spiro atoms. The van der Waals surface area contributed by atoms with Crippen LogP contribution in [0.4, 0.5) is 0 Å². The summed E-state index contributed by atoms with van der Waals surface area (Å²) in [7, 11) is 1.80. The first kappa shape index (κ1) is 11.3. The number of hydrogen-bond acceptors (Lipinski definition) is 4. The molecule has 0 radical (unpaired) electrons. The van der Waals surface area contributed by atoms with Crippen LogP contribution in [0.5, 0.6) is 0 Å². The fraction of sp³-hybridized carbons (Fsp3) is 0.400. The summed E-state index contributed by atoms with van der Waals surface area (Å²) in [6, 6.07) is 0.0282. The Labute approximate surface area is 97.7 Å². The summed E-state index contributed by atoms with van der Waals surface area (Å²) in [5, 5.41) is 16.7. The molecule has 7 nitrogen and oxygen atoms in total. The molecule has 2 aromatic rings. The van der Waals surface area contributed by atoms with E-state index in [0.717, 1.165) is 0 Å². The number of aryl methyl sites for hydroxylation is 1. The molecule has 0 amide bonds. The predicted octanol–water partition coefficient (Wildman–Crippen LogP) is 0.958. The minimum absolute atomic E-state index is 0.0282. The summed E-state index contributed by atoms with van der Waals surface area (Å²) < 4.78 is 3.32. The number of aromatic nitrogens is 5. The second-order valence-electron chi connectivity index (χ2n) is 4.02. The Hall–Kier alpha value is -2.18. The van der Waals surface area contributed by atoms with E-state index in [1.165, 1.54) is 0 Å². The van der Waals surface area contributed by atoms with Crippen molar-refractivity contribution in [1.82, 2.24) is 24.5 Å². The molecular formula is C10H13N5O2. The van der Waals surface area contributed by atoms with Crippen molar-refractivity contribution in [3.63, 3.8) is 0 Å². The Kier molecular flexibility index (Phi) is 2.66. The molecule has 7 heteroatoms. The van der Waals surface area contributed by atoms with Gasteiger partial charge in [-0.15, -0.1) is 5.10 Å². The molecule has 0 unspecified atom stereocenters. The summed E-state index contributed by atoms with van der Waals surface area (Å²) >= 11 is 0. The number of carboxylic acid groups (broad SMARTS) is 1. The molecule has 0 fully saturated rings. The molecule has 17 heavy (non-hydrogen) atoms. The fourth-order valence-electron chi connectivity index (χ4n) is 1.62. The van der Waals surface area contributed by atoms with Gasteiger partial charge in [0.1, 0.15) is 5.69 Å². The highest BCUT2D eigenvalue weighted by atomic mass is 16.4. The molecule has 0 saturated heterocycles. The highest BCUT2D eigenvalue weighted by Crippen LogP contribution is 2.24. The Balaban J connectivity index is 2.69. The highest BCUT2D eigenvalue weighted by molar-refractivity contribution is 5.92. The second-order valence-corrected chi connectivity index (χ2v) is 4.02. The summed E-state index contributed by atoms with van der Waals surface area (Å²) in [5.41, 5.74) is 1.11. The van der Waals surface area contributed by atoms with Gasteiger partial charge in [0.05, 0.1) is 18.2 Å². The van der Waals surface area contributed by atoms with Crippen LogP contribution in [0.1, 0.15) is 30.4 Å². The normalized spacial score (nSPS) is 11.1. The van der Waals surface area contributed by atoms with Gasteiger partial charge in [-0.3, -0.25) is 0 Å². The lowest BCUT2D eigenvalue weighted by Crippen LogP contribution is -2.08. The van der Waals surface area contributed by atoms with Gasteiger partial charge in [-0.1, -0.05) is 5.21 Å². The van der Waals surface area contributed by atoms with Crippen LogP contribution < -0.4 is 0 Å². The van der Waals surface area contributed by atoms with E-state index >= 15 is 0 Å². The Morgan fingerprint density at radius 1 is 1.47 bits per heavy atom.